The third-order valence-electron chi connectivity index (χ3n) is 4.05. The fourth-order valence-electron chi connectivity index (χ4n) is 2.65. The second-order valence-corrected chi connectivity index (χ2v) is 7.22. The van der Waals surface area contributed by atoms with Crippen LogP contribution in [0, 0.1) is 0 Å². The Morgan fingerprint density at radius 1 is 0.963 bits per heavy atom. The van der Waals surface area contributed by atoms with Crippen LogP contribution in [0.2, 0.25) is 0 Å². The van der Waals surface area contributed by atoms with E-state index in [-0.39, 0.29) is 11.3 Å². The lowest BCUT2D eigenvalue weighted by molar-refractivity contribution is 0.102. The first-order chi connectivity index (χ1) is 12.9. The normalized spacial score (nSPS) is 11.1. The molecule has 0 spiro atoms. The number of carbonyl (C=O) groups is 1. The van der Waals surface area contributed by atoms with Crippen molar-refractivity contribution in [1.82, 2.24) is 15.0 Å². The Morgan fingerprint density at radius 3 is 2.33 bits per heavy atom. The molecule has 0 radical (unpaired) electrons. The van der Waals surface area contributed by atoms with Gasteiger partial charge < -0.3 is 10.6 Å². The zero-order valence-electron chi connectivity index (χ0n) is 15.7. The van der Waals surface area contributed by atoms with Gasteiger partial charge in [-0.1, -0.05) is 45.0 Å². The largest absolute Gasteiger partial charge is 0.349 e. The number of benzene rings is 1. The summed E-state index contributed by atoms with van der Waals surface area (Å²) < 4.78 is 0. The smallest absolute Gasteiger partial charge is 0.258 e. The number of carbonyl (C=O) groups excluding carboxylic acids is 1. The maximum atomic E-state index is 12.6. The average Bonchev–Trinajstić information content (AvgIpc) is 2.67. The summed E-state index contributed by atoms with van der Waals surface area (Å²) in [5, 5.41) is 6.05. The molecule has 0 saturated heterocycles. The summed E-state index contributed by atoms with van der Waals surface area (Å²) in [7, 11) is 0. The summed E-state index contributed by atoms with van der Waals surface area (Å²) in [4.78, 5) is 25.2. The first-order valence-corrected chi connectivity index (χ1v) is 8.80. The fourth-order valence-corrected chi connectivity index (χ4v) is 2.65. The molecule has 2 N–H and O–H groups in total. The number of anilines is 2. The van der Waals surface area contributed by atoms with E-state index in [0.717, 1.165) is 16.9 Å². The van der Waals surface area contributed by atoms with Crippen LogP contribution in [0.25, 0.3) is 0 Å². The molecule has 2 aromatic heterocycles. The van der Waals surface area contributed by atoms with Crippen molar-refractivity contribution in [2.24, 2.45) is 0 Å². The predicted octanol–water partition coefficient (Wildman–Crippen LogP) is 4.03. The lowest BCUT2D eigenvalue weighted by atomic mass is 9.86. The standard InChI is InChI=1S/C21H23N5O/c1-21(2,3)17-9-4-5-10-18(17)26-19(27)15-12-23-20(24-13-15)25-14-16-8-6-7-11-22-16/h4-13H,14H2,1-3H3,(H,26,27)(H,23,24,25). The molecule has 6 nitrogen and oxygen atoms in total. The molecule has 3 rings (SSSR count). The molecule has 0 aliphatic rings. The molecule has 1 amide bonds. The van der Waals surface area contributed by atoms with Gasteiger partial charge >= 0.3 is 0 Å². The summed E-state index contributed by atoms with van der Waals surface area (Å²) >= 11 is 0. The lowest BCUT2D eigenvalue weighted by Crippen LogP contribution is -2.19. The number of amides is 1. The van der Waals surface area contributed by atoms with Crippen LogP contribution in [-0.2, 0) is 12.0 Å². The van der Waals surface area contributed by atoms with Gasteiger partial charge in [-0.15, -0.1) is 0 Å². The number of para-hydroxylation sites is 1. The van der Waals surface area contributed by atoms with Gasteiger partial charge in [0.05, 0.1) is 17.8 Å². The molecular weight excluding hydrogens is 338 g/mol. The maximum absolute atomic E-state index is 12.6. The highest BCUT2D eigenvalue weighted by molar-refractivity contribution is 6.04. The first-order valence-electron chi connectivity index (χ1n) is 8.80. The number of nitrogens with zero attached hydrogens (tertiary/aromatic N) is 3. The van der Waals surface area contributed by atoms with Gasteiger partial charge in [0.1, 0.15) is 0 Å². The van der Waals surface area contributed by atoms with Crippen molar-refractivity contribution >= 4 is 17.5 Å². The highest BCUT2D eigenvalue weighted by Crippen LogP contribution is 2.29. The molecule has 3 aromatic rings. The van der Waals surface area contributed by atoms with Crippen LogP contribution < -0.4 is 10.6 Å². The molecule has 1 aromatic carbocycles. The van der Waals surface area contributed by atoms with E-state index >= 15 is 0 Å². The summed E-state index contributed by atoms with van der Waals surface area (Å²) in [6.07, 6.45) is 4.77. The summed E-state index contributed by atoms with van der Waals surface area (Å²) in [6.45, 7) is 6.86. The third-order valence-corrected chi connectivity index (χ3v) is 4.05. The molecule has 0 atom stereocenters. The molecule has 0 aliphatic carbocycles. The van der Waals surface area contributed by atoms with Crippen LogP contribution in [0.3, 0.4) is 0 Å². The van der Waals surface area contributed by atoms with Crippen LogP contribution in [0.4, 0.5) is 11.6 Å². The SMILES string of the molecule is CC(C)(C)c1ccccc1NC(=O)c1cnc(NCc2ccccn2)nc1. The minimum absolute atomic E-state index is 0.0698. The van der Waals surface area contributed by atoms with E-state index in [1.54, 1.807) is 6.20 Å². The maximum Gasteiger partial charge on any atom is 0.258 e. The minimum atomic E-state index is -0.233. The van der Waals surface area contributed by atoms with Crippen LogP contribution in [0.1, 0.15) is 42.4 Å². The van der Waals surface area contributed by atoms with Crippen molar-refractivity contribution in [3.8, 4) is 0 Å². The van der Waals surface area contributed by atoms with Crippen molar-refractivity contribution < 1.29 is 4.79 Å². The minimum Gasteiger partial charge on any atom is -0.349 e. The molecule has 6 heteroatoms. The van der Waals surface area contributed by atoms with Crippen LogP contribution in [0.15, 0.2) is 61.1 Å². The van der Waals surface area contributed by atoms with Crippen molar-refractivity contribution in [2.45, 2.75) is 32.7 Å². The Bertz CT molecular complexity index is 902. The zero-order chi connectivity index (χ0) is 19.3. The van der Waals surface area contributed by atoms with E-state index in [1.165, 1.54) is 12.4 Å². The van der Waals surface area contributed by atoms with Gasteiger partial charge in [-0.2, -0.15) is 0 Å². The fraction of sp³-hybridized carbons (Fsp3) is 0.238. The number of hydrogen-bond acceptors (Lipinski definition) is 5. The van der Waals surface area contributed by atoms with Crippen LogP contribution in [0.5, 0.6) is 0 Å². The molecule has 2 heterocycles. The Labute approximate surface area is 159 Å². The molecule has 27 heavy (non-hydrogen) atoms. The summed E-state index contributed by atoms with van der Waals surface area (Å²) in [5.41, 5.74) is 3.10. The second kappa shape index (κ2) is 7.95. The summed E-state index contributed by atoms with van der Waals surface area (Å²) in [6, 6.07) is 13.5. The molecule has 0 saturated carbocycles. The first kappa shape index (κ1) is 18.5. The van der Waals surface area contributed by atoms with Crippen molar-refractivity contribution in [2.75, 3.05) is 10.6 Å². The van der Waals surface area contributed by atoms with E-state index in [9.17, 15) is 4.79 Å². The monoisotopic (exact) mass is 361 g/mol. The lowest BCUT2D eigenvalue weighted by Gasteiger charge is -2.22. The van der Waals surface area contributed by atoms with Crippen LogP contribution in [-0.4, -0.2) is 20.9 Å². The number of aromatic nitrogens is 3. The molecule has 0 unspecified atom stereocenters. The van der Waals surface area contributed by atoms with E-state index in [0.29, 0.717) is 18.1 Å². The Balaban J connectivity index is 1.66. The number of pyridine rings is 1. The van der Waals surface area contributed by atoms with Crippen molar-refractivity contribution in [1.29, 1.82) is 0 Å². The highest BCUT2D eigenvalue weighted by atomic mass is 16.1. The molecular formula is C21H23N5O. The quantitative estimate of drug-likeness (QED) is 0.717. The van der Waals surface area contributed by atoms with Gasteiger partial charge in [0.15, 0.2) is 0 Å². The molecule has 0 bridgehead atoms. The van der Waals surface area contributed by atoms with Gasteiger partial charge in [-0.25, -0.2) is 9.97 Å². The van der Waals surface area contributed by atoms with Crippen molar-refractivity contribution in [3.05, 3.63) is 77.9 Å². The van der Waals surface area contributed by atoms with E-state index in [1.807, 2.05) is 42.5 Å². The zero-order valence-corrected chi connectivity index (χ0v) is 15.7. The van der Waals surface area contributed by atoms with E-state index in [4.69, 9.17) is 0 Å². The summed E-state index contributed by atoms with van der Waals surface area (Å²) in [5.74, 6) is 0.218. The van der Waals surface area contributed by atoms with Gasteiger partial charge in [0, 0.05) is 24.3 Å². The Hall–Kier alpha value is -3.28. The van der Waals surface area contributed by atoms with Gasteiger partial charge in [-0.3, -0.25) is 9.78 Å². The van der Waals surface area contributed by atoms with E-state index < -0.39 is 0 Å². The topological polar surface area (TPSA) is 79.8 Å². The van der Waals surface area contributed by atoms with Gasteiger partial charge in [0.2, 0.25) is 5.95 Å². The number of hydrogen-bond donors (Lipinski definition) is 2. The van der Waals surface area contributed by atoms with Gasteiger partial charge in [0.25, 0.3) is 5.91 Å². The molecule has 0 fully saturated rings. The molecule has 0 aliphatic heterocycles. The Kier molecular flexibility index (Phi) is 5.45. The number of rotatable bonds is 5. The van der Waals surface area contributed by atoms with Crippen molar-refractivity contribution in [3.63, 3.8) is 0 Å². The second-order valence-electron chi connectivity index (χ2n) is 7.22. The predicted molar refractivity (Wildman–Crippen MR) is 107 cm³/mol. The number of nitrogens with one attached hydrogen (secondary N) is 2. The third kappa shape index (κ3) is 4.88. The van der Waals surface area contributed by atoms with Gasteiger partial charge in [-0.05, 0) is 29.2 Å². The Morgan fingerprint density at radius 2 is 1.67 bits per heavy atom. The molecule has 138 valence electrons. The van der Waals surface area contributed by atoms with Crippen LogP contribution >= 0.6 is 0 Å². The van der Waals surface area contributed by atoms with E-state index in [2.05, 4.69) is 46.4 Å². The highest BCUT2D eigenvalue weighted by Gasteiger charge is 2.19. The average molecular weight is 361 g/mol.